The maximum absolute atomic E-state index is 11.9. The largest absolute Gasteiger partial charge is 0.492 e. The van der Waals surface area contributed by atoms with Crippen LogP contribution in [0.3, 0.4) is 0 Å². The number of aromatic carboxylic acids is 1. The van der Waals surface area contributed by atoms with E-state index < -0.39 is 5.97 Å². The van der Waals surface area contributed by atoms with E-state index in [0.29, 0.717) is 23.9 Å². The first kappa shape index (κ1) is 19.9. The van der Waals surface area contributed by atoms with Gasteiger partial charge in [0.05, 0.1) is 18.7 Å². The molecule has 0 radical (unpaired) electrons. The van der Waals surface area contributed by atoms with Gasteiger partial charge in [0.2, 0.25) is 5.91 Å². The van der Waals surface area contributed by atoms with Crippen molar-refractivity contribution in [1.82, 2.24) is 10.3 Å². The van der Waals surface area contributed by atoms with Crippen LogP contribution in [0.4, 0.5) is 0 Å². The minimum Gasteiger partial charge on any atom is -0.492 e. The predicted molar refractivity (Wildman–Crippen MR) is 101 cm³/mol. The van der Waals surface area contributed by atoms with Crippen molar-refractivity contribution in [3.8, 4) is 5.75 Å². The summed E-state index contributed by atoms with van der Waals surface area (Å²) in [4.78, 5) is 27.2. The van der Waals surface area contributed by atoms with Gasteiger partial charge in [-0.2, -0.15) is 0 Å². The van der Waals surface area contributed by atoms with Gasteiger partial charge in [0.1, 0.15) is 22.2 Å². The van der Waals surface area contributed by atoms with Gasteiger partial charge in [0, 0.05) is 0 Å². The monoisotopic (exact) mass is 376 g/mol. The summed E-state index contributed by atoms with van der Waals surface area (Å²) >= 11 is 1.03. The Bertz CT molecular complexity index is 776. The molecule has 2 rings (SSSR count). The quantitative estimate of drug-likeness (QED) is 0.725. The molecular weight excluding hydrogens is 352 g/mol. The maximum Gasteiger partial charge on any atom is 0.347 e. The van der Waals surface area contributed by atoms with Crippen LogP contribution in [0.15, 0.2) is 24.3 Å². The average molecular weight is 376 g/mol. The molecule has 0 aliphatic rings. The van der Waals surface area contributed by atoms with E-state index in [1.807, 2.05) is 24.3 Å². The number of carboxylic acid groups (broad SMARTS) is 1. The number of rotatable bonds is 7. The Morgan fingerprint density at radius 3 is 2.42 bits per heavy atom. The SMILES string of the molecule is Cc1nc(CC(=O)NCCOc2ccc(C(C)(C)C)cc2)sc1C(=O)O. The summed E-state index contributed by atoms with van der Waals surface area (Å²) in [6.07, 6.45) is 0.0685. The van der Waals surface area contributed by atoms with Gasteiger partial charge in [-0.25, -0.2) is 9.78 Å². The number of aromatic nitrogens is 1. The van der Waals surface area contributed by atoms with Gasteiger partial charge in [0.25, 0.3) is 0 Å². The number of hydrogen-bond donors (Lipinski definition) is 2. The zero-order chi connectivity index (χ0) is 19.3. The predicted octanol–water partition coefficient (Wildman–Crippen LogP) is 3.18. The Balaban J connectivity index is 1.75. The highest BCUT2D eigenvalue weighted by Crippen LogP contribution is 2.24. The summed E-state index contributed by atoms with van der Waals surface area (Å²) in [5, 5.41) is 12.3. The highest BCUT2D eigenvalue weighted by Gasteiger charge is 2.16. The van der Waals surface area contributed by atoms with Crippen molar-refractivity contribution in [1.29, 1.82) is 0 Å². The van der Waals surface area contributed by atoms with Crippen LogP contribution in [-0.2, 0) is 16.6 Å². The fraction of sp³-hybridized carbons (Fsp3) is 0.421. The number of aryl methyl sites for hydroxylation is 1. The summed E-state index contributed by atoms with van der Waals surface area (Å²) in [6, 6.07) is 7.93. The molecule has 2 N–H and O–H groups in total. The van der Waals surface area contributed by atoms with E-state index in [4.69, 9.17) is 9.84 Å². The third-order valence-corrected chi connectivity index (χ3v) is 4.91. The maximum atomic E-state index is 11.9. The molecule has 6 nitrogen and oxygen atoms in total. The number of benzene rings is 1. The number of amides is 1. The molecule has 0 aliphatic heterocycles. The molecule has 7 heteroatoms. The molecule has 1 amide bonds. The van der Waals surface area contributed by atoms with Gasteiger partial charge >= 0.3 is 5.97 Å². The smallest absolute Gasteiger partial charge is 0.347 e. The summed E-state index contributed by atoms with van der Waals surface area (Å²) in [5.74, 6) is -0.464. The van der Waals surface area contributed by atoms with Crippen molar-refractivity contribution < 1.29 is 19.4 Å². The second kappa shape index (κ2) is 8.31. The molecule has 0 atom stereocenters. The number of carbonyl (C=O) groups is 2. The van der Waals surface area contributed by atoms with Crippen molar-refractivity contribution in [2.45, 2.75) is 39.5 Å². The summed E-state index contributed by atoms with van der Waals surface area (Å²) in [5.41, 5.74) is 1.77. The molecule has 0 saturated carbocycles. The Labute approximate surface area is 157 Å². The molecule has 2 aromatic rings. The minimum atomic E-state index is -1.02. The van der Waals surface area contributed by atoms with Crippen molar-refractivity contribution in [3.05, 3.63) is 45.4 Å². The van der Waals surface area contributed by atoms with Crippen molar-refractivity contribution in [2.24, 2.45) is 0 Å². The van der Waals surface area contributed by atoms with Crippen LogP contribution in [0, 0.1) is 6.92 Å². The lowest BCUT2D eigenvalue weighted by atomic mass is 9.87. The Kier molecular flexibility index (Phi) is 6.37. The number of ether oxygens (including phenoxy) is 1. The van der Waals surface area contributed by atoms with Gasteiger partial charge in [-0.1, -0.05) is 32.9 Å². The fourth-order valence-electron chi connectivity index (χ4n) is 2.34. The van der Waals surface area contributed by atoms with Crippen LogP contribution in [0.5, 0.6) is 5.75 Å². The number of carbonyl (C=O) groups excluding carboxylic acids is 1. The van der Waals surface area contributed by atoms with E-state index >= 15 is 0 Å². The van der Waals surface area contributed by atoms with Gasteiger partial charge in [-0.05, 0) is 30.0 Å². The van der Waals surface area contributed by atoms with Crippen LogP contribution in [0.2, 0.25) is 0 Å². The number of carboxylic acids is 1. The normalized spacial score (nSPS) is 11.2. The van der Waals surface area contributed by atoms with E-state index in [1.165, 1.54) is 5.56 Å². The zero-order valence-corrected chi connectivity index (χ0v) is 16.3. The molecular formula is C19H24N2O4S. The summed E-state index contributed by atoms with van der Waals surface area (Å²) < 4.78 is 5.62. The first-order chi connectivity index (χ1) is 12.2. The molecule has 0 bridgehead atoms. The Morgan fingerprint density at radius 1 is 1.23 bits per heavy atom. The third kappa shape index (κ3) is 5.56. The number of hydrogen-bond acceptors (Lipinski definition) is 5. The molecule has 1 aromatic heterocycles. The first-order valence-corrected chi connectivity index (χ1v) is 9.18. The van der Waals surface area contributed by atoms with Gasteiger partial charge in [-0.3, -0.25) is 4.79 Å². The van der Waals surface area contributed by atoms with Gasteiger partial charge in [-0.15, -0.1) is 11.3 Å². The van der Waals surface area contributed by atoms with Crippen molar-refractivity contribution in [2.75, 3.05) is 13.2 Å². The number of nitrogens with one attached hydrogen (secondary N) is 1. The summed E-state index contributed by atoms with van der Waals surface area (Å²) in [7, 11) is 0. The lowest BCUT2D eigenvalue weighted by molar-refractivity contribution is -0.120. The van der Waals surface area contributed by atoms with E-state index in [9.17, 15) is 9.59 Å². The van der Waals surface area contributed by atoms with E-state index in [-0.39, 0.29) is 22.6 Å². The third-order valence-electron chi connectivity index (χ3n) is 3.76. The second-order valence-corrected chi connectivity index (χ2v) is 8.06. The second-order valence-electron chi connectivity index (χ2n) is 6.98. The highest BCUT2D eigenvalue weighted by atomic mass is 32.1. The topological polar surface area (TPSA) is 88.5 Å². The molecule has 1 heterocycles. The lowest BCUT2D eigenvalue weighted by Crippen LogP contribution is -2.29. The summed E-state index contributed by atoms with van der Waals surface area (Å²) in [6.45, 7) is 8.82. The number of nitrogens with zero attached hydrogens (tertiary/aromatic N) is 1. The van der Waals surface area contributed by atoms with Crippen LogP contribution in [0.1, 0.15) is 46.7 Å². The zero-order valence-electron chi connectivity index (χ0n) is 15.5. The molecule has 0 spiro atoms. The minimum absolute atomic E-state index is 0.0685. The van der Waals surface area contributed by atoms with Crippen LogP contribution >= 0.6 is 11.3 Å². The van der Waals surface area contributed by atoms with Gasteiger partial charge in [0.15, 0.2) is 0 Å². The molecule has 0 saturated heterocycles. The van der Waals surface area contributed by atoms with Crippen LogP contribution in [0.25, 0.3) is 0 Å². The molecule has 26 heavy (non-hydrogen) atoms. The number of thiazole rings is 1. The fourth-order valence-corrected chi connectivity index (χ4v) is 3.24. The Hall–Kier alpha value is -2.41. The van der Waals surface area contributed by atoms with Crippen molar-refractivity contribution >= 4 is 23.2 Å². The Morgan fingerprint density at radius 2 is 1.88 bits per heavy atom. The lowest BCUT2D eigenvalue weighted by Gasteiger charge is -2.19. The van der Waals surface area contributed by atoms with E-state index in [1.54, 1.807) is 6.92 Å². The van der Waals surface area contributed by atoms with E-state index in [2.05, 4.69) is 31.1 Å². The van der Waals surface area contributed by atoms with Crippen LogP contribution < -0.4 is 10.1 Å². The molecule has 0 fully saturated rings. The van der Waals surface area contributed by atoms with Crippen molar-refractivity contribution in [3.63, 3.8) is 0 Å². The van der Waals surface area contributed by atoms with E-state index in [0.717, 1.165) is 17.1 Å². The molecule has 0 aliphatic carbocycles. The molecule has 140 valence electrons. The van der Waals surface area contributed by atoms with Crippen LogP contribution in [-0.4, -0.2) is 35.1 Å². The molecule has 0 unspecified atom stereocenters. The average Bonchev–Trinajstić information content (AvgIpc) is 2.92. The molecule has 1 aromatic carbocycles. The van der Waals surface area contributed by atoms with Gasteiger partial charge < -0.3 is 15.2 Å². The highest BCUT2D eigenvalue weighted by molar-refractivity contribution is 7.13. The standard InChI is InChI=1S/C19H24N2O4S/c1-12-17(18(23)24)26-16(21-12)11-15(22)20-9-10-25-14-7-5-13(6-8-14)19(2,3)4/h5-8H,9-11H2,1-4H3,(H,20,22)(H,23,24). The first-order valence-electron chi connectivity index (χ1n) is 8.36.